The van der Waals surface area contributed by atoms with Crippen LogP contribution in [0.2, 0.25) is 0 Å². The highest BCUT2D eigenvalue weighted by molar-refractivity contribution is 9.10. The van der Waals surface area contributed by atoms with E-state index in [0.29, 0.717) is 29.4 Å². The SMILES string of the molecule is COc1ccccc1/C=C1\Oc2c(ccc(OCc3ccc(Br)cc3)c2C)C1=O. The number of para-hydroxylation sites is 1. The molecule has 4 rings (SSSR count). The molecular weight excluding hydrogens is 432 g/mol. The lowest BCUT2D eigenvalue weighted by molar-refractivity contribution is 0.101. The summed E-state index contributed by atoms with van der Waals surface area (Å²) < 4.78 is 18.3. The number of halogens is 1. The van der Waals surface area contributed by atoms with Gasteiger partial charge >= 0.3 is 0 Å². The van der Waals surface area contributed by atoms with Gasteiger partial charge in [-0.2, -0.15) is 0 Å². The average molecular weight is 451 g/mol. The van der Waals surface area contributed by atoms with Crippen molar-refractivity contribution >= 4 is 27.8 Å². The van der Waals surface area contributed by atoms with Crippen molar-refractivity contribution in [2.45, 2.75) is 13.5 Å². The number of methoxy groups -OCH3 is 1. The molecule has 0 bridgehead atoms. The van der Waals surface area contributed by atoms with Crippen molar-refractivity contribution in [3.8, 4) is 17.2 Å². The minimum Gasteiger partial charge on any atom is -0.496 e. The van der Waals surface area contributed by atoms with Gasteiger partial charge in [0.1, 0.15) is 23.9 Å². The topological polar surface area (TPSA) is 44.8 Å². The Morgan fingerprint density at radius 1 is 1.00 bits per heavy atom. The van der Waals surface area contributed by atoms with E-state index in [1.807, 2.05) is 61.5 Å². The van der Waals surface area contributed by atoms with Gasteiger partial charge in [-0.3, -0.25) is 4.79 Å². The Bertz CT molecular complexity index is 1100. The maximum atomic E-state index is 12.8. The normalized spacial score (nSPS) is 13.9. The number of carbonyl (C=O) groups excluding carboxylic acids is 1. The van der Waals surface area contributed by atoms with Gasteiger partial charge in [-0.25, -0.2) is 0 Å². The minimum absolute atomic E-state index is 0.145. The quantitative estimate of drug-likeness (QED) is 0.449. The molecule has 0 saturated carbocycles. The molecule has 0 fully saturated rings. The molecule has 4 nitrogen and oxygen atoms in total. The number of hydrogen-bond acceptors (Lipinski definition) is 4. The van der Waals surface area contributed by atoms with Crippen LogP contribution < -0.4 is 14.2 Å². The van der Waals surface area contributed by atoms with Crippen molar-refractivity contribution in [2.75, 3.05) is 7.11 Å². The first-order valence-electron chi connectivity index (χ1n) is 9.15. The smallest absolute Gasteiger partial charge is 0.231 e. The van der Waals surface area contributed by atoms with Crippen LogP contribution in [-0.4, -0.2) is 12.9 Å². The molecule has 0 amide bonds. The Hall–Kier alpha value is -3.05. The van der Waals surface area contributed by atoms with E-state index in [-0.39, 0.29) is 11.5 Å². The van der Waals surface area contributed by atoms with Crippen LogP contribution >= 0.6 is 15.9 Å². The number of Topliss-reactive ketones (excluding diaryl/α,β-unsaturated/α-hetero) is 1. The fourth-order valence-electron chi connectivity index (χ4n) is 3.19. The van der Waals surface area contributed by atoms with Crippen molar-refractivity contribution in [1.29, 1.82) is 0 Å². The zero-order valence-corrected chi connectivity index (χ0v) is 17.7. The van der Waals surface area contributed by atoms with Gasteiger partial charge in [0.2, 0.25) is 5.78 Å². The molecule has 29 heavy (non-hydrogen) atoms. The van der Waals surface area contributed by atoms with Gasteiger partial charge in [-0.1, -0.05) is 46.3 Å². The van der Waals surface area contributed by atoms with Crippen LogP contribution in [0.15, 0.2) is 70.9 Å². The monoisotopic (exact) mass is 450 g/mol. The summed E-state index contributed by atoms with van der Waals surface area (Å²) in [6.45, 7) is 2.33. The van der Waals surface area contributed by atoms with Crippen LogP contribution in [0, 0.1) is 6.92 Å². The number of carbonyl (C=O) groups is 1. The van der Waals surface area contributed by atoms with Gasteiger partial charge in [-0.15, -0.1) is 0 Å². The summed E-state index contributed by atoms with van der Waals surface area (Å²) in [5.74, 6) is 2.05. The van der Waals surface area contributed by atoms with E-state index < -0.39 is 0 Å². The summed E-state index contributed by atoms with van der Waals surface area (Å²) in [5.41, 5.74) is 3.19. The molecule has 0 saturated heterocycles. The van der Waals surface area contributed by atoms with Gasteiger partial charge < -0.3 is 14.2 Å². The van der Waals surface area contributed by atoms with E-state index in [4.69, 9.17) is 14.2 Å². The summed E-state index contributed by atoms with van der Waals surface area (Å²) in [6, 6.07) is 19.0. The van der Waals surface area contributed by atoms with E-state index in [1.54, 1.807) is 19.3 Å². The molecule has 0 atom stereocenters. The Morgan fingerprint density at radius 2 is 1.76 bits per heavy atom. The Kier molecular flexibility index (Phi) is 5.41. The fraction of sp³-hybridized carbons (Fsp3) is 0.125. The van der Waals surface area contributed by atoms with Crippen molar-refractivity contribution < 1.29 is 19.0 Å². The van der Waals surface area contributed by atoms with Gasteiger partial charge in [0, 0.05) is 15.6 Å². The van der Waals surface area contributed by atoms with Gasteiger partial charge in [-0.05, 0) is 48.9 Å². The number of ether oxygens (including phenoxy) is 3. The second-order valence-corrected chi connectivity index (χ2v) is 7.58. The molecule has 0 N–H and O–H groups in total. The molecule has 0 unspecified atom stereocenters. The molecular formula is C24H19BrO4. The second-order valence-electron chi connectivity index (χ2n) is 6.66. The second kappa shape index (κ2) is 8.13. The van der Waals surface area contributed by atoms with E-state index >= 15 is 0 Å². The third-order valence-corrected chi connectivity index (χ3v) is 5.30. The first kappa shape index (κ1) is 19.3. The highest BCUT2D eigenvalue weighted by atomic mass is 79.9. The Balaban J connectivity index is 1.58. The molecule has 3 aromatic rings. The van der Waals surface area contributed by atoms with Gasteiger partial charge in [0.25, 0.3) is 0 Å². The van der Waals surface area contributed by atoms with Crippen LogP contribution in [0.5, 0.6) is 17.2 Å². The summed E-state index contributed by atoms with van der Waals surface area (Å²) in [5, 5.41) is 0. The number of hydrogen-bond donors (Lipinski definition) is 0. The number of ketones is 1. The first-order chi connectivity index (χ1) is 14.1. The van der Waals surface area contributed by atoms with Crippen LogP contribution in [0.3, 0.4) is 0 Å². The third-order valence-electron chi connectivity index (χ3n) is 4.77. The van der Waals surface area contributed by atoms with Crippen molar-refractivity contribution in [2.24, 2.45) is 0 Å². The van der Waals surface area contributed by atoms with Crippen molar-refractivity contribution in [3.63, 3.8) is 0 Å². The van der Waals surface area contributed by atoms with Crippen molar-refractivity contribution in [1.82, 2.24) is 0 Å². The number of benzene rings is 3. The molecule has 0 spiro atoms. The molecule has 1 aliphatic heterocycles. The van der Waals surface area contributed by atoms with Crippen LogP contribution in [-0.2, 0) is 6.61 Å². The van der Waals surface area contributed by atoms with E-state index in [2.05, 4.69) is 15.9 Å². The summed E-state index contributed by atoms with van der Waals surface area (Å²) >= 11 is 3.43. The minimum atomic E-state index is -0.145. The average Bonchev–Trinajstić information content (AvgIpc) is 3.05. The van der Waals surface area contributed by atoms with E-state index in [1.165, 1.54) is 0 Å². The van der Waals surface area contributed by atoms with Gasteiger partial charge in [0.05, 0.1) is 12.7 Å². The highest BCUT2D eigenvalue weighted by Crippen LogP contribution is 2.40. The Morgan fingerprint density at radius 3 is 2.52 bits per heavy atom. The van der Waals surface area contributed by atoms with Crippen molar-refractivity contribution in [3.05, 3.63) is 93.1 Å². The number of fused-ring (bicyclic) bond motifs is 1. The fourth-order valence-corrected chi connectivity index (χ4v) is 3.46. The molecule has 5 heteroatoms. The zero-order chi connectivity index (χ0) is 20.4. The predicted molar refractivity (Wildman–Crippen MR) is 116 cm³/mol. The molecule has 3 aromatic carbocycles. The van der Waals surface area contributed by atoms with Crippen LogP contribution in [0.1, 0.15) is 27.0 Å². The lowest BCUT2D eigenvalue weighted by atomic mass is 10.1. The largest absolute Gasteiger partial charge is 0.496 e. The van der Waals surface area contributed by atoms with E-state index in [9.17, 15) is 4.79 Å². The molecule has 0 aliphatic carbocycles. The highest BCUT2D eigenvalue weighted by Gasteiger charge is 2.30. The standard InChI is InChI=1S/C24H19BrO4/c1-15-20(28-14-16-7-9-18(25)10-8-16)12-11-19-23(26)22(29-24(15)19)13-17-5-3-4-6-21(17)27-2/h3-13H,14H2,1-2H3/b22-13-. The van der Waals surface area contributed by atoms with Crippen LogP contribution in [0.25, 0.3) is 6.08 Å². The Labute approximate surface area is 177 Å². The van der Waals surface area contributed by atoms with Crippen LogP contribution in [0.4, 0.5) is 0 Å². The molecule has 0 radical (unpaired) electrons. The van der Waals surface area contributed by atoms with Gasteiger partial charge in [0.15, 0.2) is 5.76 Å². The molecule has 1 aliphatic rings. The zero-order valence-electron chi connectivity index (χ0n) is 16.1. The molecule has 0 aromatic heterocycles. The maximum absolute atomic E-state index is 12.8. The third kappa shape index (κ3) is 3.91. The predicted octanol–water partition coefficient (Wildman–Crippen LogP) is 5.96. The lowest BCUT2D eigenvalue weighted by Crippen LogP contribution is -1.98. The first-order valence-corrected chi connectivity index (χ1v) is 9.94. The maximum Gasteiger partial charge on any atom is 0.231 e. The summed E-state index contributed by atoms with van der Waals surface area (Å²) in [7, 11) is 1.60. The van der Waals surface area contributed by atoms with E-state index in [0.717, 1.165) is 21.2 Å². The molecule has 1 heterocycles. The summed E-state index contributed by atoms with van der Waals surface area (Å²) in [4.78, 5) is 12.8. The lowest BCUT2D eigenvalue weighted by Gasteiger charge is -2.11. The summed E-state index contributed by atoms with van der Waals surface area (Å²) in [6.07, 6.45) is 1.71. The number of rotatable bonds is 5. The number of allylic oxidation sites excluding steroid dienone is 1. The molecule has 146 valence electrons.